The molecule has 0 aromatic rings. The minimum atomic E-state index is -0.220. The fourth-order valence-corrected chi connectivity index (χ4v) is 2.66. The number of ether oxygens (including phenoxy) is 2. The van der Waals surface area contributed by atoms with Gasteiger partial charge in [-0.2, -0.15) is 0 Å². The molecule has 5 heteroatoms. The molecule has 0 fully saturated rings. The summed E-state index contributed by atoms with van der Waals surface area (Å²) in [6, 6.07) is 1.28. The van der Waals surface area contributed by atoms with Crippen molar-refractivity contribution in [1.29, 1.82) is 0 Å². The van der Waals surface area contributed by atoms with Crippen molar-refractivity contribution >= 4 is 9.52 Å². The predicted molar refractivity (Wildman–Crippen MR) is 67.2 cm³/mol. The molecule has 0 aromatic carbocycles. The Bertz CT molecular complexity index is 133. The van der Waals surface area contributed by atoms with E-state index in [1.165, 1.54) is 12.5 Å². The van der Waals surface area contributed by atoms with E-state index in [0.717, 1.165) is 19.6 Å². The van der Waals surface area contributed by atoms with Gasteiger partial charge in [0.15, 0.2) is 0 Å². The third kappa shape index (κ3) is 10.3. The van der Waals surface area contributed by atoms with Crippen LogP contribution in [0.1, 0.15) is 6.42 Å². The van der Waals surface area contributed by atoms with Crippen LogP contribution in [0.15, 0.2) is 0 Å². The average Bonchev–Trinajstić information content (AvgIpc) is 2.22. The number of rotatable bonds is 10. The summed E-state index contributed by atoms with van der Waals surface area (Å²) in [5.41, 5.74) is 0. The molecule has 0 radical (unpaired) electrons. The Balaban J connectivity index is 3.10. The monoisotopic (exact) mass is 234 g/mol. The van der Waals surface area contributed by atoms with E-state index in [0.29, 0.717) is 0 Å². The van der Waals surface area contributed by atoms with Crippen LogP contribution in [0.5, 0.6) is 0 Å². The van der Waals surface area contributed by atoms with Crippen molar-refractivity contribution in [2.75, 3.05) is 47.9 Å². The van der Waals surface area contributed by atoms with E-state index >= 15 is 0 Å². The van der Waals surface area contributed by atoms with Crippen molar-refractivity contribution in [3.05, 3.63) is 0 Å². The van der Waals surface area contributed by atoms with Crippen molar-refractivity contribution in [3.8, 4) is 0 Å². The lowest BCUT2D eigenvalue weighted by atomic mass is 10.4. The van der Waals surface area contributed by atoms with Gasteiger partial charge in [0.1, 0.15) is 5.91 Å². The lowest BCUT2D eigenvalue weighted by Crippen LogP contribution is -2.28. The minimum Gasteiger partial charge on any atom is -0.360 e. The molecule has 0 amide bonds. The lowest BCUT2D eigenvalue weighted by molar-refractivity contribution is -0.0441. The number of nitrogens with zero attached hydrogens (tertiary/aromatic N) is 1. The zero-order valence-electron chi connectivity index (χ0n) is 10.6. The molecule has 0 aromatic heterocycles. The summed E-state index contributed by atoms with van der Waals surface area (Å²) in [7, 11) is 7.41. The molecule has 4 nitrogen and oxygen atoms in total. The van der Waals surface area contributed by atoms with E-state index in [1.807, 2.05) is 0 Å². The molecule has 0 heterocycles. The van der Waals surface area contributed by atoms with E-state index in [2.05, 4.69) is 24.3 Å². The highest BCUT2D eigenvalue weighted by Crippen LogP contribution is 1.95. The molecule has 92 valence electrons. The highest BCUT2D eigenvalue weighted by Gasteiger charge is 2.04. The topological polar surface area (TPSA) is 33.7 Å². The molecule has 0 saturated carbocycles. The molecular formula is C10H26N2O2Si. The van der Waals surface area contributed by atoms with Gasteiger partial charge >= 0.3 is 0 Å². The van der Waals surface area contributed by atoms with E-state index in [4.69, 9.17) is 9.47 Å². The third-order valence-corrected chi connectivity index (χ3v) is 4.35. The number of hydrogen-bond donors (Lipinski definition) is 1. The second kappa shape index (κ2) is 10.6. The maximum absolute atomic E-state index is 5.17. The summed E-state index contributed by atoms with van der Waals surface area (Å²) in [6.07, 6.45) is 1.24. The molecule has 0 bridgehead atoms. The van der Waals surface area contributed by atoms with Gasteiger partial charge in [0, 0.05) is 27.3 Å². The van der Waals surface area contributed by atoms with Crippen LogP contribution in [0.4, 0.5) is 0 Å². The van der Waals surface area contributed by atoms with Gasteiger partial charge in [-0.1, -0.05) is 6.04 Å². The highest BCUT2D eigenvalue weighted by molar-refractivity contribution is 6.36. The molecule has 0 saturated heterocycles. The Hall–Kier alpha value is 0.0569. The van der Waals surface area contributed by atoms with Crippen molar-refractivity contribution < 1.29 is 9.47 Å². The maximum atomic E-state index is 5.17. The van der Waals surface area contributed by atoms with Crippen molar-refractivity contribution in [2.24, 2.45) is 0 Å². The second-order valence-electron chi connectivity index (χ2n) is 3.95. The van der Waals surface area contributed by atoms with Crippen molar-refractivity contribution in [3.63, 3.8) is 0 Å². The Kier molecular flexibility index (Phi) is 10.6. The second-order valence-corrected chi connectivity index (χ2v) is 5.90. The summed E-state index contributed by atoms with van der Waals surface area (Å²) in [5, 5.41) is 3.43. The average molecular weight is 234 g/mol. The Morgan fingerprint density at radius 2 is 1.87 bits per heavy atom. The largest absolute Gasteiger partial charge is 0.360 e. The van der Waals surface area contributed by atoms with Gasteiger partial charge in [-0.15, -0.1) is 0 Å². The highest BCUT2D eigenvalue weighted by atomic mass is 28.2. The van der Waals surface area contributed by atoms with Gasteiger partial charge in [0.25, 0.3) is 0 Å². The molecule has 15 heavy (non-hydrogen) atoms. The third-order valence-electron chi connectivity index (χ3n) is 2.30. The molecular weight excluding hydrogens is 208 g/mol. The number of hydrogen-bond acceptors (Lipinski definition) is 4. The van der Waals surface area contributed by atoms with Gasteiger partial charge in [0.05, 0.1) is 9.52 Å². The fourth-order valence-electron chi connectivity index (χ4n) is 1.32. The van der Waals surface area contributed by atoms with Crippen molar-refractivity contribution in [1.82, 2.24) is 10.2 Å². The normalized spacial score (nSPS) is 12.4. The standard InChI is InChI=1S/C10H26N2O2Si/c1-12(2)8-7-11-6-5-9-15-10(13-3)14-4/h10-11H,5-9,15H2,1-4H3. The fraction of sp³-hybridized carbons (Fsp3) is 1.00. The number of methoxy groups -OCH3 is 2. The first-order valence-corrected chi connectivity index (χ1v) is 7.43. The van der Waals surface area contributed by atoms with Crippen LogP contribution >= 0.6 is 0 Å². The van der Waals surface area contributed by atoms with Crippen molar-refractivity contribution in [2.45, 2.75) is 18.4 Å². The molecule has 0 aliphatic heterocycles. The van der Waals surface area contributed by atoms with Gasteiger partial charge in [-0.25, -0.2) is 0 Å². The maximum Gasteiger partial charge on any atom is 0.134 e. The van der Waals surface area contributed by atoms with Crippen LogP contribution in [0, 0.1) is 0 Å². The summed E-state index contributed by atoms with van der Waals surface area (Å²) in [4.78, 5) is 2.19. The summed E-state index contributed by atoms with van der Waals surface area (Å²) in [5.74, 6) is 0.103. The van der Waals surface area contributed by atoms with E-state index in [1.54, 1.807) is 14.2 Å². The summed E-state index contributed by atoms with van der Waals surface area (Å²) in [6.45, 7) is 3.30. The van der Waals surface area contributed by atoms with Gasteiger partial charge in [-0.05, 0) is 27.1 Å². The predicted octanol–water partition coefficient (Wildman–Crippen LogP) is -0.309. The molecule has 0 atom stereocenters. The van der Waals surface area contributed by atoms with E-state index in [-0.39, 0.29) is 15.4 Å². The Morgan fingerprint density at radius 3 is 2.40 bits per heavy atom. The smallest absolute Gasteiger partial charge is 0.134 e. The number of nitrogens with one attached hydrogen (secondary N) is 1. The molecule has 0 unspecified atom stereocenters. The molecule has 0 aliphatic carbocycles. The zero-order chi connectivity index (χ0) is 11.5. The first-order valence-electron chi connectivity index (χ1n) is 5.61. The lowest BCUT2D eigenvalue weighted by Gasteiger charge is -2.13. The SMILES string of the molecule is COC(OC)[SiH2]CCCNCCN(C)C. The Morgan fingerprint density at radius 1 is 1.20 bits per heavy atom. The van der Waals surface area contributed by atoms with Crippen LogP contribution < -0.4 is 5.32 Å². The summed E-state index contributed by atoms with van der Waals surface area (Å²) < 4.78 is 10.3. The Labute approximate surface area is 96.1 Å². The summed E-state index contributed by atoms with van der Waals surface area (Å²) >= 11 is 0. The van der Waals surface area contributed by atoms with Gasteiger partial charge in [-0.3, -0.25) is 0 Å². The van der Waals surface area contributed by atoms with Crippen LogP contribution in [0.3, 0.4) is 0 Å². The molecule has 0 rings (SSSR count). The van der Waals surface area contributed by atoms with Crippen LogP contribution in [-0.2, 0) is 9.47 Å². The van der Waals surface area contributed by atoms with Gasteiger partial charge in [0.2, 0.25) is 0 Å². The number of likely N-dealkylation sites (N-methyl/N-ethyl adjacent to an activating group) is 1. The van der Waals surface area contributed by atoms with Crippen LogP contribution in [-0.4, -0.2) is 68.3 Å². The quantitative estimate of drug-likeness (QED) is 0.319. The molecule has 1 N–H and O–H groups in total. The first-order chi connectivity index (χ1) is 7.20. The molecule has 0 aliphatic rings. The zero-order valence-corrected chi connectivity index (χ0v) is 12.0. The molecule has 0 spiro atoms. The first kappa shape index (κ1) is 15.1. The van der Waals surface area contributed by atoms with E-state index in [9.17, 15) is 0 Å². The van der Waals surface area contributed by atoms with Crippen LogP contribution in [0.25, 0.3) is 0 Å². The van der Waals surface area contributed by atoms with Crippen LogP contribution in [0.2, 0.25) is 6.04 Å². The van der Waals surface area contributed by atoms with E-state index < -0.39 is 0 Å². The van der Waals surface area contributed by atoms with Gasteiger partial charge < -0.3 is 19.7 Å². The minimum absolute atomic E-state index is 0.103.